The predicted octanol–water partition coefficient (Wildman–Crippen LogP) is -1.00. The molecule has 0 aromatic heterocycles. The molecule has 0 atom stereocenters. The van der Waals surface area contributed by atoms with Crippen molar-refractivity contribution in [2.75, 3.05) is 6.54 Å². The van der Waals surface area contributed by atoms with Gasteiger partial charge in [0.1, 0.15) is 0 Å². The van der Waals surface area contributed by atoms with Crippen molar-refractivity contribution in [1.82, 2.24) is 10.6 Å². The molecule has 60 valence electrons. The Hall–Kier alpha value is -1.39. The number of guanidine groups is 1. The molecule has 0 aliphatic carbocycles. The number of carbonyl (C=O) groups is 2. The average molecular weight is 155 g/mol. The van der Waals surface area contributed by atoms with Gasteiger partial charge in [0.2, 0.25) is 5.96 Å². The topological polar surface area (TPSA) is 70.6 Å². The molecule has 5 nitrogen and oxygen atoms in total. The van der Waals surface area contributed by atoms with Gasteiger partial charge in [0, 0.05) is 6.54 Å². The summed E-state index contributed by atoms with van der Waals surface area (Å²) in [5.74, 6) is -1.01. The van der Waals surface area contributed by atoms with E-state index in [4.69, 9.17) is 0 Å². The molecule has 1 rings (SSSR count). The van der Waals surface area contributed by atoms with E-state index in [1.807, 2.05) is 6.92 Å². The standard InChI is InChI=1S/C6H9N3O2/c1-2-3-7-6-8-4(10)5(11)9-6/h2-3H2,1H3,(H2,7,8,9,10,11). The second kappa shape index (κ2) is 3.14. The molecular weight excluding hydrogens is 146 g/mol. The van der Waals surface area contributed by atoms with Gasteiger partial charge in [-0.25, -0.2) is 0 Å². The first-order valence-corrected chi connectivity index (χ1v) is 3.41. The normalized spacial score (nSPS) is 16.3. The van der Waals surface area contributed by atoms with Gasteiger partial charge in [-0.15, -0.1) is 0 Å². The van der Waals surface area contributed by atoms with Crippen molar-refractivity contribution in [3.8, 4) is 0 Å². The fourth-order valence-corrected chi connectivity index (χ4v) is 0.663. The molecule has 0 bridgehead atoms. The van der Waals surface area contributed by atoms with Gasteiger partial charge in [-0.2, -0.15) is 0 Å². The first-order valence-electron chi connectivity index (χ1n) is 3.41. The van der Waals surface area contributed by atoms with Crippen LogP contribution in [0.25, 0.3) is 0 Å². The highest BCUT2D eigenvalue weighted by atomic mass is 16.2. The molecule has 2 N–H and O–H groups in total. The zero-order chi connectivity index (χ0) is 8.27. The van der Waals surface area contributed by atoms with Crippen LogP contribution in [0.3, 0.4) is 0 Å². The molecule has 1 aliphatic rings. The van der Waals surface area contributed by atoms with Gasteiger partial charge in [-0.3, -0.25) is 25.2 Å². The summed E-state index contributed by atoms with van der Waals surface area (Å²) in [7, 11) is 0. The maximum absolute atomic E-state index is 10.5. The Morgan fingerprint density at radius 2 is 1.82 bits per heavy atom. The van der Waals surface area contributed by atoms with Crippen molar-refractivity contribution < 1.29 is 9.59 Å². The van der Waals surface area contributed by atoms with E-state index in [2.05, 4.69) is 15.6 Å². The maximum atomic E-state index is 10.5. The summed E-state index contributed by atoms with van der Waals surface area (Å²) in [4.78, 5) is 25.0. The van der Waals surface area contributed by atoms with Crippen LogP contribution < -0.4 is 10.6 Å². The fourth-order valence-electron chi connectivity index (χ4n) is 0.663. The lowest BCUT2D eigenvalue weighted by atomic mass is 10.5. The largest absolute Gasteiger partial charge is 0.316 e. The van der Waals surface area contributed by atoms with Crippen molar-refractivity contribution in [3.63, 3.8) is 0 Å². The lowest BCUT2D eigenvalue weighted by Gasteiger charge is -1.92. The summed E-state index contributed by atoms with van der Waals surface area (Å²) in [5, 5.41) is 4.58. The van der Waals surface area contributed by atoms with Crippen molar-refractivity contribution in [2.24, 2.45) is 4.99 Å². The molecule has 0 aromatic carbocycles. The second-order valence-electron chi connectivity index (χ2n) is 2.14. The van der Waals surface area contributed by atoms with Gasteiger partial charge in [-0.05, 0) is 6.42 Å². The van der Waals surface area contributed by atoms with E-state index >= 15 is 0 Å². The smallest absolute Gasteiger partial charge is 0.288 e. The predicted molar refractivity (Wildman–Crippen MR) is 38.9 cm³/mol. The van der Waals surface area contributed by atoms with Gasteiger partial charge in [0.25, 0.3) is 0 Å². The Labute approximate surface area is 63.9 Å². The second-order valence-corrected chi connectivity index (χ2v) is 2.14. The van der Waals surface area contributed by atoms with E-state index in [1.165, 1.54) is 0 Å². The van der Waals surface area contributed by atoms with Crippen molar-refractivity contribution >= 4 is 17.8 Å². The number of carbonyl (C=O) groups excluding carboxylic acids is 2. The van der Waals surface area contributed by atoms with Crippen LogP contribution in [0.2, 0.25) is 0 Å². The Bertz CT molecular complexity index is 204. The molecule has 0 aromatic rings. The van der Waals surface area contributed by atoms with E-state index in [0.717, 1.165) is 6.42 Å². The zero-order valence-electron chi connectivity index (χ0n) is 6.18. The molecule has 0 spiro atoms. The molecule has 0 unspecified atom stereocenters. The number of rotatable bonds is 2. The molecule has 2 amide bonds. The Kier molecular flexibility index (Phi) is 2.20. The Morgan fingerprint density at radius 1 is 1.27 bits per heavy atom. The van der Waals surface area contributed by atoms with E-state index in [0.29, 0.717) is 6.54 Å². The third-order valence-corrected chi connectivity index (χ3v) is 1.16. The maximum Gasteiger partial charge on any atom is 0.316 e. The summed E-state index contributed by atoms with van der Waals surface area (Å²) < 4.78 is 0. The van der Waals surface area contributed by atoms with Gasteiger partial charge in [-0.1, -0.05) is 6.92 Å². The monoisotopic (exact) mass is 155 g/mol. The van der Waals surface area contributed by atoms with Crippen molar-refractivity contribution in [2.45, 2.75) is 13.3 Å². The van der Waals surface area contributed by atoms with Gasteiger partial charge < -0.3 is 0 Å². The van der Waals surface area contributed by atoms with Crippen LogP contribution in [0.5, 0.6) is 0 Å². The summed E-state index contributed by atoms with van der Waals surface area (Å²) in [5.41, 5.74) is 0. The molecule has 1 fully saturated rings. The number of nitrogens with one attached hydrogen (secondary N) is 2. The molecule has 1 saturated heterocycles. The van der Waals surface area contributed by atoms with Gasteiger partial charge in [0.05, 0.1) is 0 Å². The minimum Gasteiger partial charge on any atom is -0.288 e. The molecular formula is C6H9N3O2. The summed E-state index contributed by atoms with van der Waals surface area (Å²) in [6, 6.07) is 0. The van der Waals surface area contributed by atoms with Crippen LogP contribution in [0.15, 0.2) is 4.99 Å². The molecule has 0 radical (unpaired) electrons. The molecule has 5 heteroatoms. The summed E-state index contributed by atoms with van der Waals surface area (Å²) >= 11 is 0. The third kappa shape index (κ3) is 1.76. The van der Waals surface area contributed by atoms with Gasteiger partial charge in [0.15, 0.2) is 0 Å². The number of amides is 2. The van der Waals surface area contributed by atoms with Gasteiger partial charge >= 0.3 is 11.8 Å². The van der Waals surface area contributed by atoms with E-state index in [9.17, 15) is 9.59 Å². The quantitative estimate of drug-likeness (QED) is 0.502. The van der Waals surface area contributed by atoms with Crippen LogP contribution in [-0.2, 0) is 9.59 Å². The van der Waals surface area contributed by atoms with Crippen LogP contribution in [0, 0.1) is 0 Å². The first kappa shape index (κ1) is 7.71. The Balaban J connectivity index is 2.53. The number of aliphatic imine (C=N–C) groups is 1. The minimum absolute atomic E-state index is 0.266. The van der Waals surface area contributed by atoms with E-state index in [1.54, 1.807) is 0 Å². The number of hydrogen-bond acceptors (Lipinski definition) is 3. The molecule has 1 heterocycles. The summed E-state index contributed by atoms with van der Waals surface area (Å²) in [6.45, 7) is 2.57. The van der Waals surface area contributed by atoms with Crippen LogP contribution in [0.4, 0.5) is 0 Å². The van der Waals surface area contributed by atoms with Crippen molar-refractivity contribution in [1.29, 1.82) is 0 Å². The van der Waals surface area contributed by atoms with Crippen LogP contribution >= 0.6 is 0 Å². The highest BCUT2D eigenvalue weighted by molar-refractivity contribution is 6.45. The SMILES string of the molecule is CCCN=C1NC(=O)C(=O)N1. The zero-order valence-corrected chi connectivity index (χ0v) is 6.18. The van der Waals surface area contributed by atoms with E-state index < -0.39 is 11.8 Å². The highest BCUT2D eigenvalue weighted by Gasteiger charge is 2.24. The van der Waals surface area contributed by atoms with Crippen LogP contribution in [-0.4, -0.2) is 24.3 Å². The number of nitrogens with zero attached hydrogens (tertiary/aromatic N) is 1. The molecule has 0 saturated carbocycles. The lowest BCUT2D eigenvalue weighted by Crippen LogP contribution is -2.25. The highest BCUT2D eigenvalue weighted by Crippen LogP contribution is 1.84. The number of hydrogen-bond donors (Lipinski definition) is 2. The molecule has 1 aliphatic heterocycles. The minimum atomic E-state index is -0.639. The van der Waals surface area contributed by atoms with Crippen LogP contribution in [0.1, 0.15) is 13.3 Å². The summed E-state index contributed by atoms with van der Waals surface area (Å²) in [6.07, 6.45) is 0.884. The lowest BCUT2D eigenvalue weighted by molar-refractivity contribution is -0.135. The first-order chi connectivity index (χ1) is 5.24. The average Bonchev–Trinajstić information content (AvgIpc) is 2.28. The fraction of sp³-hybridized carbons (Fsp3) is 0.500. The third-order valence-electron chi connectivity index (χ3n) is 1.16. The van der Waals surface area contributed by atoms with Crippen molar-refractivity contribution in [3.05, 3.63) is 0 Å². The van der Waals surface area contributed by atoms with E-state index in [-0.39, 0.29) is 5.96 Å². The molecule has 11 heavy (non-hydrogen) atoms. The Morgan fingerprint density at radius 3 is 2.27 bits per heavy atom.